The molecule has 0 aromatic carbocycles. The molecule has 2 aliphatic rings. The Kier molecular flexibility index (Phi) is 6.64. The molecule has 0 radical (unpaired) electrons. The lowest BCUT2D eigenvalue weighted by Gasteiger charge is -2.34. The molecular weight excluding hydrogens is 399 g/mol. The third-order valence-corrected chi connectivity index (χ3v) is 5.68. The second-order valence-electron chi connectivity index (χ2n) is 8.24. The van der Waals surface area contributed by atoms with Gasteiger partial charge in [-0.1, -0.05) is 13.8 Å². The van der Waals surface area contributed by atoms with Crippen molar-refractivity contribution in [3.05, 3.63) is 22.8 Å². The number of carbonyl (C=O) groups excluding carboxylic acids is 2. The van der Waals surface area contributed by atoms with E-state index in [1.165, 1.54) is 4.90 Å². The molecule has 10 heteroatoms. The van der Waals surface area contributed by atoms with Gasteiger partial charge in [0.05, 0.1) is 12.2 Å². The summed E-state index contributed by atoms with van der Waals surface area (Å²) in [5, 5.41) is 0. The van der Waals surface area contributed by atoms with Crippen LogP contribution in [-0.2, 0) is 35.2 Å². The Hall–Kier alpha value is -2.23. The molecule has 0 spiro atoms. The number of carbonyl (C=O) groups is 2. The summed E-state index contributed by atoms with van der Waals surface area (Å²) >= 11 is 0. The third-order valence-electron chi connectivity index (χ3n) is 5.68. The number of alkyl halides is 3. The van der Waals surface area contributed by atoms with E-state index in [9.17, 15) is 22.8 Å². The summed E-state index contributed by atoms with van der Waals surface area (Å²) in [5.74, 6) is 0.325. The van der Waals surface area contributed by atoms with Gasteiger partial charge in [0.1, 0.15) is 5.82 Å². The molecule has 0 unspecified atom stereocenters. The van der Waals surface area contributed by atoms with Gasteiger partial charge in [-0.3, -0.25) is 9.59 Å². The van der Waals surface area contributed by atoms with Gasteiger partial charge < -0.3 is 15.5 Å². The van der Waals surface area contributed by atoms with E-state index in [0.29, 0.717) is 25.4 Å². The standard InChI is InChI=1S/C20H28F3N5O2/c1-3-16-25-15-11-27(7-6-14(15)19(26-16)20(21,22)23)18(30)8-13(24)10-28-9-12(2)4-5-17(28)29/h12-13H,3-11,24H2,1-2H3/t12-,13+/m1/s1. The van der Waals surface area contributed by atoms with Crippen LogP contribution in [0.25, 0.3) is 0 Å². The monoisotopic (exact) mass is 427 g/mol. The molecule has 1 fully saturated rings. The summed E-state index contributed by atoms with van der Waals surface area (Å²) < 4.78 is 40.1. The molecule has 1 saturated heterocycles. The van der Waals surface area contributed by atoms with Crippen LogP contribution in [0.2, 0.25) is 0 Å². The molecule has 0 aliphatic carbocycles. The van der Waals surface area contributed by atoms with Gasteiger partial charge in [-0.15, -0.1) is 0 Å². The first-order valence-corrected chi connectivity index (χ1v) is 10.4. The fourth-order valence-corrected chi connectivity index (χ4v) is 4.06. The lowest BCUT2D eigenvalue weighted by Crippen LogP contribution is -2.48. The molecule has 30 heavy (non-hydrogen) atoms. The Balaban J connectivity index is 1.66. The van der Waals surface area contributed by atoms with Crippen LogP contribution in [0, 0.1) is 5.92 Å². The molecule has 2 N–H and O–H groups in total. The van der Waals surface area contributed by atoms with Crippen molar-refractivity contribution >= 4 is 11.8 Å². The van der Waals surface area contributed by atoms with E-state index in [-0.39, 0.29) is 61.2 Å². The predicted molar refractivity (Wildman–Crippen MR) is 103 cm³/mol. The van der Waals surface area contributed by atoms with E-state index in [4.69, 9.17) is 5.73 Å². The molecule has 2 aliphatic heterocycles. The van der Waals surface area contributed by atoms with Gasteiger partial charge >= 0.3 is 6.18 Å². The molecular formula is C20H28F3N5O2. The fraction of sp³-hybridized carbons (Fsp3) is 0.700. The zero-order valence-corrected chi connectivity index (χ0v) is 17.3. The van der Waals surface area contributed by atoms with Gasteiger partial charge in [-0.05, 0) is 18.8 Å². The SMILES string of the molecule is CCc1nc2c(c(C(F)(F)F)n1)CCN(C(=O)C[C@H](N)CN1C[C@H](C)CCC1=O)C2. The van der Waals surface area contributed by atoms with Crippen molar-refractivity contribution in [2.75, 3.05) is 19.6 Å². The van der Waals surface area contributed by atoms with Gasteiger partial charge in [0.2, 0.25) is 11.8 Å². The molecule has 1 aromatic heterocycles. The van der Waals surface area contributed by atoms with Crippen LogP contribution in [0.3, 0.4) is 0 Å². The maximum Gasteiger partial charge on any atom is 0.433 e. The van der Waals surface area contributed by atoms with Crippen molar-refractivity contribution in [3.63, 3.8) is 0 Å². The van der Waals surface area contributed by atoms with Crippen LogP contribution >= 0.6 is 0 Å². The van der Waals surface area contributed by atoms with Crippen molar-refractivity contribution in [2.24, 2.45) is 11.7 Å². The number of hydrogen-bond acceptors (Lipinski definition) is 5. The lowest BCUT2D eigenvalue weighted by molar-refractivity contribution is -0.142. The number of piperidine rings is 1. The maximum atomic E-state index is 13.4. The van der Waals surface area contributed by atoms with Crippen molar-refractivity contribution in [1.82, 2.24) is 19.8 Å². The molecule has 166 valence electrons. The fourth-order valence-electron chi connectivity index (χ4n) is 4.06. The highest BCUT2D eigenvalue weighted by molar-refractivity contribution is 5.78. The highest BCUT2D eigenvalue weighted by Gasteiger charge is 2.39. The number of rotatable bonds is 5. The first-order chi connectivity index (χ1) is 14.1. The lowest BCUT2D eigenvalue weighted by atomic mass is 9.98. The quantitative estimate of drug-likeness (QED) is 0.775. The second-order valence-corrected chi connectivity index (χ2v) is 8.24. The van der Waals surface area contributed by atoms with E-state index in [1.54, 1.807) is 11.8 Å². The Morgan fingerprint density at radius 1 is 1.30 bits per heavy atom. The topological polar surface area (TPSA) is 92.4 Å². The Labute approximate surface area is 173 Å². The molecule has 7 nitrogen and oxygen atoms in total. The van der Waals surface area contributed by atoms with E-state index < -0.39 is 17.9 Å². The van der Waals surface area contributed by atoms with Crippen molar-refractivity contribution in [2.45, 2.75) is 64.7 Å². The van der Waals surface area contributed by atoms with Gasteiger partial charge in [0.25, 0.3) is 0 Å². The second kappa shape index (κ2) is 8.87. The highest BCUT2D eigenvalue weighted by atomic mass is 19.4. The van der Waals surface area contributed by atoms with Crippen LogP contribution in [0.5, 0.6) is 0 Å². The zero-order chi connectivity index (χ0) is 22.1. The first-order valence-electron chi connectivity index (χ1n) is 10.4. The molecule has 0 bridgehead atoms. The van der Waals surface area contributed by atoms with E-state index in [1.807, 2.05) is 0 Å². The van der Waals surface area contributed by atoms with Gasteiger partial charge in [0, 0.05) is 50.5 Å². The molecule has 1 aromatic rings. The number of amides is 2. The summed E-state index contributed by atoms with van der Waals surface area (Å²) in [6.45, 7) is 4.88. The highest BCUT2D eigenvalue weighted by Crippen LogP contribution is 2.34. The zero-order valence-electron chi connectivity index (χ0n) is 17.3. The maximum absolute atomic E-state index is 13.4. The number of nitrogens with two attached hydrogens (primary N) is 1. The van der Waals surface area contributed by atoms with Crippen LogP contribution < -0.4 is 5.73 Å². The Bertz CT molecular complexity index is 814. The van der Waals surface area contributed by atoms with E-state index in [2.05, 4.69) is 16.9 Å². The van der Waals surface area contributed by atoms with Crippen LogP contribution in [0.4, 0.5) is 13.2 Å². The molecule has 0 saturated carbocycles. The van der Waals surface area contributed by atoms with Crippen LogP contribution in [-0.4, -0.2) is 57.3 Å². The van der Waals surface area contributed by atoms with Crippen LogP contribution in [0.15, 0.2) is 0 Å². The largest absolute Gasteiger partial charge is 0.433 e. The van der Waals surface area contributed by atoms with E-state index in [0.717, 1.165) is 6.42 Å². The Morgan fingerprint density at radius 3 is 2.70 bits per heavy atom. The molecule has 3 heterocycles. The minimum atomic E-state index is -4.55. The number of likely N-dealkylation sites (tertiary alicyclic amines) is 1. The minimum Gasteiger partial charge on any atom is -0.341 e. The average Bonchev–Trinajstić information content (AvgIpc) is 2.68. The predicted octanol–water partition coefficient (Wildman–Crippen LogP) is 1.92. The van der Waals surface area contributed by atoms with Gasteiger partial charge in [-0.2, -0.15) is 13.2 Å². The number of nitrogens with zero attached hydrogens (tertiary/aromatic N) is 4. The van der Waals surface area contributed by atoms with Gasteiger partial charge in [0.15, 0.2) is 5.69 Å². The van der Waals surface area contributed by atoms with Crippen molar-refractivity contribution in [1.29, 1.82) is 0 Å². The summed E-state index contributed by atoms with van der Waals surface area (Å²) in [4.78, 5) is 35.9. The average molecular weight is 427 g/mol. The molecule has 2 atom stereocenters. The molecule has 3 rings (SSSR count). The van der Waals surface area contributed by atoms with Crippen molar-refractivity contribution < 1.29 is 22.8 Å². The smallest absolute Gasteiger partial charge is 0.341 e. The number of aromatic nitrogens is 2. The number of halogens is 3. The molecule has 2 amide bonds. The van der Waals surface area contributed by atoms with E-state index >= 15 is 0 Å². The third kappa shape index (κ3) is 5.08. The summed E-state index contributed by atoms with van der Waals surface area (Å²) in [7, 11) is 0. The minimum absolute atomic E-state index is 0.0131. The van der Waals surface area contributed by atoms with Crippen molar-refractivity contribution in [3.8, 4) is 0 Å². The number of hydrogen-bond donors (Lipinski definition) is 1. The Morgan fingerprint density at radius 2 is 2.03 bits per heavy atom. The summed E-state index contributed by atoms with van der Waals surface area (Å²) in [5.41, 5.74) is 5.55. The number of aryl methyl sites for hydroxylation is 1. The normalized spacial score (nSPS) is 20.9. The van der Waals surface area contributed by atoms with Gasteiger partial charge in [-0.25, -0.2) is 9.97 Å². The summed E-state index contributed by atoms with van der Waals surface area (Å²) in [6, 6.07) is -0.518. The van der Waals surface area contributed by atoms with Crippen LogP contribution in [0.1, 0.15) is 55.9 Å². The summed E-state index contributed by atoms with van der Waals surface area (Å²) in [6.07, 6.45) is -2.84. The first kappa shape index (κ1) is 22.5. The number of fused-ring (bicyclic) bond motifs is 1.